The Kier molecular flexibility index (Phi) is 4.52. The molecule has 20 heavy (non-hydrogen) atoms. The topological polar surface area (TPSA) is 23.5 Å². The molecule has 0 unspecified atom stereocenters. The average molecular weight is 271 g/mol. The summed E-state index contributed by atoms with van der Waals surface area (Å²) in [5.74, 6) is 6.34. The van der Waals surface area contributed by atoms with Crippen molar-refractivity contribution in [3.63, 3.8) is 0 Å². The Bertz CT molecular complexity index is 491. The Hall–Kier alpha value is -1.30. The highest BCUT2D eigenvalue weighted by Crippen LogP contribution is 2.50. The second-order valence-electron chi connectivity index (χ2n) is 6.38. The van der Waals surface area contributed by atoms with Crippen molar-refractivity contribution in [2.45, 2.75) is 38.2 Å². The molecule has 1 aromatic carbocycles. The number of nitrogens with zero attached hydrogens (tertiary/aromatic N) is 1. The summed E-state index contributed by atoms with van der Waals surface area (Å²) in [5, 5.41) is 11.4. The molecule has 0 saturated heterocycles. The third-order valence-corrected chi connectivity index (χ3v) is 4.44. The normalized spacial score (nSPS) is 20.2. The second kappa shape index (κ2) is 5.99. The Morgan fingerprint density at radius 1 is 1.20 bits per heavy atom. The van der Waals surface area contributed by atoms with E-state index in [9.17, 15) is 5.11 Å². The SMILES string of the molecule is CN(C)CC#C[C@@](O)(c1ccccc1)C1(C)CCCC1. The predicted octanol–water partition coefficient (Wildman–Crippen LogP) is 3.02. The monoisotopic (exact) mass is 271 g/mol. The summed E-state index contributed by atoms with van der Waals surface area (Å²) >= 11 is 0. The van der Waals surface area contributed by atoms with E-state index in [4.69, 9.17) is 0 Å². The molecule has 2 heteroatoms. The second-order valence-corrected chi connectivity index (χ2v) is 6.38. The highest BCUT2D eigenvalue weighted by Gasteiger charge is 2.48. The van der Waals surface area contributed by atoms with Crippen LogP contribution in [0.2, 0.25) is 0 Å². The molecule has 0 aromatic heterocycles. The van der Waals surface area contributed by atoms with Crippen LogP contribution in [0.3, 0.4) is 0 Å². The Morgan fingerprint density at radius 3 is 2.35 bits per heavy atom. The standard InChI is InChI=1S/C18H25NO/c1-17(12-7-8-13-17)18(20,14-9-15-19(2)3)16-10-5-4-6-11-16/h4-6,10-11,20H,7-8,12-13,15H2,1-3H3/t18-/m1/s1. The largest absolute Gasteiger partial charge is 0.373 e. The van der Waals surface area contributed by atoms with Crippen LogP contribution in [-0.2, 0) is 5.60 Å². The maximum atomic E-state index is 11.4. The molecule has 0 heterocycles. The lowest BCUT2D eigenvalue weighted by atomic mass is 9.68. The third-order valence-electron chi connectivity index (χ3n) is 4.44. The van der Waals surface area contributed by atoms with E-state index in [2.05, 4.69) is 18.8 Å². The van der Waals surface area contributed by atoms with Crippen molar-refractivity contribution in [3.05, 3.63) is 35.9 Å². The van der Waals surface area contributed by atoms with Crippen molar-refractivity contribution >= 4 is 0 Å². The van der Waals surface area contributed by atoms with Crippen LogP contribution >= 0.6 is 0 Å². The lowest BCUT2D eigenvalue weighted by molar-refractivity contribution is -0.0278. The van der Waals surface area contributed by atoms with Gasteiger partial charge in [0.25, 0.3) is 0 Å². The van der Waals surface area contributed by atoms with Crippen molar-refractivity contribution in [3.8, 4) is 11.8 Å². The lowest BCUT2D eigenvalue weighted by Crippen LogP contribution is -2.41. The van der Waals surface area contributed by atoms with Gasteiger partial charge in [-0.2, -0.15) is 0 Å². The first-order valence-corrected chi connectivity index (χ1v) is 7.41. The number of benzene rings is 1. The van der Waals surface area contributed by atoms with Crippen molar-refractivity contribution in [2.24, 2.45) is 5.41 Å². The van der Waals surface area contributed by atoms with Crippen molar-refractivity contribution in [1.29, 1.82) is 0 Å². The molecule has 0 bridgehead atoms. The van der Waals surface area contributed by atoms with Crippen LogP contribution in [0, 0.1) is 17.3 Å². The molecule has 1 fully saturated rings. The molecule has 0 radical (unpaired) electrons. The van der Waals surface area contributed by atoms with E-state index >= 15 is 0 Å². The van der Waals surface area contributed by atoms with E-state index in [1.165, 1.54) is 12.8 Å². The summed E-state index contributed by atoms with van der Waals surface area (Å²) in [6.07, 6.45) is 4.44. The van der Waals surface area contributed by atoms with Gasteiger partial charge in [-0.05, 0) is 32.5 Å². The quantitative estimate of drug-likeness (QED) is 0.854. The summed E-state index contributed by atoms with van der Waals surface area (Å²) in [6.45, 7) is 2.85. The van der Waals surface area contributed by atoms with Crippen molar-refractivity contribution in [2.75, 3.05) is 20.6 Å². The van der Waals surface area contributed by atoms with Gasteiger partial charge < -0.3 is 5.11 Å². The minimum atomic E-state index is -1.04. The van der Waals surface area contributed by atoms with E-state index in [0.717, 1.165) is 18.4 Å². The number of hydrogen-bond donors (Lipinski definition) is 1. The number of aliphatic hydroxyl groups is 1. The third kappa shape index (κ3) is 2.90. The van der Waals surface area contributed by atoms with E-state index in [-0.39, 0.29) is 5.41 Å². The molecule has 1 saturated carbocycles. The molecule has 0 aliphatic heterocycles. The molecular weight excluding hydrogens is 246 g/mol. The predicted molar refractivity (Wildman–Crippen MR) is 83.2 cm³/mol. The fourth-order valence-corrected chi connectivity index (χ4v) is 3.09. The maximum Gasteiger partial charge on any atom is 0.156 e. The number of rotatable bonds is 3. The molecule has 1 aliphatic rings. The van der Waals surface area contributed by atoms with Crippen LogP contribution < -0.4 is 0 Å². The van der Waals surface area contributed by atoms with Gasteiger partial charge in [0.1, 0.15) is 0 Å². The van der Waals surface area contributed by atoms with Gasteiger partial charge in [-0.3, -0.25) is 4.90 Å². The highest BCUT2D eigenvalue weighted by molar-refractivity contribution is 5.35. The Labute approximate surface area is 122 Å². The van der Waals surface area contributed by atoms with Gasteiger partial charge >= 0.3 is 0 Å². The minimum Gasteiger partial charge on any atom is -0.373 e. The molecule has 108 valence electrons. The first kappa shape index (κ1) is 15.1. The van der Waals surface area contributed by atoms with E-state index in [1.54, 1.807) is 0 Å². The summed E-state index contributed by atoms with van der Waals surface area (Å²) in [5.41, 5.74) is -0.260. The zero-order chi connectivity index (χ0) is 14.6. The summed E-state index contributed by atoms with van der Waals surface area (Å²) < 4.78 is 0. The molecular formula is C18H25NO. The van der Waals surface area contributed by atoms with Crippen LogP contribution in [0.5, 0.6) is 0 Å². The van der Waals surface area contributed by atoms with Crippen LogP contribution in [0.15, 0.2) is 30.3 Å². The molecule has 1 aromatic rings. The fourth-order valence-electron chi connectivity index (χ4n) is 3.09. The van der Waals surface area contributed by atoms with Gasteiger partial charge in [-0.1, -0.05) is 61.9 Å². The molecule has 2 nitrogen and oxygen atoms in total. The van der Waals surface area contributed by atoms with Crippen molar-refractivity contribution < 1.29 is 5.11 Å². The summed E-state index contributed by atoms with van der Waals surface area (Å²) in [7, 11) is 3.99. The average Bonchev–Trinajstić information content (AvgIpc) is 2.87. The van der Waals surface area contributed by atoms with Crippen LogP contribution in [0.1, 0.15) is 38.2 Å². The molecule has 0 amide bonds. The number of hydrogen-bond acceptors (Lipinski definition) is 2. The van der Waals surface area contributed by atoms with Crippen molar-refractivity contribution in [1.82, 2.24) is 4.90 Å². The Morgan fingerprint density at radius 2 is 1.80 bits per heavy atom. The zero-order valence-corrected chi connectivity index (χ0v) is 12.8. The van der Waals surface area contributed by atoms with Gasteiger partial charge in [-0.25, -0.2) is 0 Å². The highest BCUT2D eigenvalue weighted by atomic mass is 16.3. The maximum absolute atomic E-state index is 11.4. The zero-order valence-electron chi connectivity index (χ0n) is 12.8. The van der Waals surface area contributed by atoms with E-state index < -0.39 is 5.60 Å². The van der Waals surface area contributed by atoms with Gasteiger partial charge in [-0.15, -0.1) is 0 Å². The van der Waals surface area contributed by atoms with Crippen LogP contribution in [-0.4, -0.2) is 30.6 Å². The smallest absolute Gasteiger partial charge is 0.156 e. The van der Waals surface area contributed by atoms with Gasteiger partial charge in [0.15, 0.2) is 5.60 Å². The van der Waals surface area contributed by atoms with Crippen LogP contribution in [0.4, 0.5) is 0 Å². The molecule has 1 atom stereocenters. The minimum absolute atomic E-state index is 0.145. The van der Waals surface area contributed by atoms with Gasteiger partial charge in [0.05, 0.1) is 6.54 Å². The van der Waals surface area contributed by atoms with Gasteiger partial charge in [0, 0.05) is 5.41 Å². The first-order valence-electron chi connectivity index (χ1n) is 7.41. The molecule has 1 N–H and O–H groups in total. The van der Waals surface area contributed by atoms with Gasteiger partial charge in [0.2, 0.25) is 0 Å². The summed E-state index contributed by atoms with van der Waals surface area (Å²) in [4.78, 5) is 2.02. The Balaban J connectivity index is 2.40. The van der Waals surface area contributed by atoms with E-state index in [1.807, 2.05) is 49.3 Å². The van der Waals surface area contributed by atoms with Crippen LogP contribution in [0.25, 0.3) is 0 Å². The first-order chi connectivity index (χ1) is 9.48. The molecule has 2 rings (SSSR count). The van der Waals surface area contributed by atoms with E-state index in [0.29, 0.717) is 6.54 Å². The fraction of sp³-hybridized carbons (Fsp3) is 0.556. The lowest BCUT2D eigenvalue weighted by Gasteiger charge is -2.39. The summed E-state index contributed by atoms with van der Waals surface area (Å²) in [6, 6.07) is 9.93. The molecule has 1 aliphatic carbocycles. The molecule has 0 spiro atoms.